The minimum Gasteiger partial charge on any atom is -0.338 e. The van der Waals surface area contributed by atoms with Crippen molar-refractivity contribution in [2.24, 2.45) is 5.92 Å². The molecule has 5 heteroatoms. The molecule has 0 spiro atoms. The highest BCUT2D eigenvalue weighted by molar-refractivity contribution is 5.99. The van der Waals surface area contributed by atoms with E-state index < -0.39 is 0 Å². The van der Waals surface area contributed by atoms with Crippen molar-refractivity contribution in [1.82, 2.24) is 9.88 Å². The minimum absolute atomic E-state index is 0.0350. The van der Waals surface area contributed by atoms with Gasteiger partial charge in [0.2, 0.25) is 5.91 Å². The van der Waals surface area contributed by atoms with Gasteiger partial charge in [0.25, 0.3) is 5.91 Å². The van der Waals surface area contributed by atoms with Gasteiger partial charge in [0.15, 0.2) is 0 Å². The smallest absolute Gasteiger partial charge is 0.253 e. The molecule has 152 valence electrons. The quantitative estimate of drug-likeness (QED) is 0.645. The molecule has 0 saturated carbocycles. The summed E-state index contributed by atoms with van der Waals surface area (Å²) in [6.07, 6.45) is 6.13. The zero-order chi connectivity index (χ0) is 20.9. The summed E-state index contributed by atoms with van der Waals surface area (Å²) in [5.74, 6) is 0.172. The number of piperidine rings is 1. The van der Waals surface area contributed by atoms with Crippen LogP contribution in [0.15, 0.2) is 73.4 Å². The van der Waals surface area contributed by atoms with Crippen LogP contribution in [0, 0.1) is 5.92 Å². The molecule has 3 aromatic rings. The molecule has 30 heavy (non-hydrogen) atoms. The van der Waals surface area contributed by atoms with Crippen molar-refractivity contribution in [2.75, 3.05) is 18.4 Å². The van der Waals surface area contributed by atoms with E-state index in [4.69, 9.17) is 0 Å². The van der Waals surface area contributed by atoms with Gasteiger partial charge in [-0.2, -0.15) is 0 Å². The van der Waals surface area contributed by atoms with E-state index in [-0.39, 0.29) is 11.8 Å². The second-order valence-corrected chi connectivity index (χ2v) is 7.76. The van der Waals surface area contributed by atoms with E-state index in [1.807, 2.05) is 23.2 Å². The molecule has 1 aliphatic heterocycles. The molecule has 1 saturated heterocycles. The van der Waals surface area contributed by atoms with Crippen molar-refractivity contribution in [3.63, 3.8) is 0 Å². The Morgan fingerprint density at radius 3 is 2.67 bits per heavy atom. The van der Waals surface area contributed by atoms with Crippen LogP contribution in [-0.2, 0) is 11.2 Å². The number of hydrogen-bond acceptors (Lipinski definition) is 3. The van der Waals surface area contributed by atoms with E-state index >= 15 is 0 Å². The second-order valence-electron chi connectivity index (χ2n) is 7.76. The van der Waals surface area contributed by atoms with E-state index in [1.165, 1.54) is 11.5 Å². The van der Waals surface area contributed by atoms with Gasteiger partial charge >= 0.3 is 0 Å². The molecule has 5 nitrogen and oxygen atoms in total. The Morgan fingerprint density at radius 2 is 1.90 bits per heavy atom. The van der Waals surface area contributed by atoms with Crippen LogP contribution in [0.2, 0.25) is 0 Å². The Hall–Kier alpha value is -3.47. The number of nitrogens with one attached hydrogen (secondary N) is 1. The number of benzene rings is 2. The van der Waals surface area contributed by atoms with E-state index in [1.54, 1.807) is 24.3 Å². The summed E-state index contributed by atoms with van der Waals surface area (Å²) in [5, 5.41) is 5.05. The predicted molar refractivity (Wildman–Crippen MR) is 119 cm³/mol. The fourth-order valence-electron chi connectivity index (χ4n) is 4.02. The third kappa shape index (κ3) is 4.57. The Balaban J connectivity index is 1.40. The number of anilines is 1. The van der Waals surface area contributed by atoms with Gasteiger partial charge in [-0.15, -0.1) is 0 Å². The van der Waals surface area contributed by atoms with Crippen LogP contribution < -0.4 is 5.32 Å². The maximum Gasteiger partial charge on any atom is 0.253 e. The van der Waals surface area contributed by atoms with Gasteiger partial charge in [0, 0.05) is 41.6 Å². The molecule has 0 unspecified atom stereocenters. The number of fused-ring (bicyclic) bond motifs is 1. The van der Waals surface area contributed by atoms with E-state index in [2.05, 4.69) is 35.1 Å². The highest BCUT2D eigenvalue weighted by Gasteiger charge is 2.25. The number of likely N-dealkylation sites (tertiary alicyclic amines) is 1. The van der Waals surface area contributed by atoms with E-state index in [9.17, 15) is 9.59 Å². The number of hydrogen-bond donors (Lipinski definition) is 1. The third-order valence-corrected chi connectivity index (χ3v) is 5.58. The van der Waals surface area contributed by atoms with Crippen molar-refractivity contribution in [3.05, 3.63) is 84.7 Å². The highest BCUT2D eigenvalue weighted by Crippen LogP contribution is 2.23. The first-order valence-electron chi connectivity index (χ1n) is 10.3. The zero-order valence-electron chi connectivity index (χ0n) is 16.9. The summed E-state index contributed by atoms with van der Waals surface area (Å²) in [4.78, 5) is 30.9. The lowest BCUT2D eigenvalue weighted by Gasteiger charge is -2.33. The molecule has 0 radical (unpaired) electrons. The summed E-state index contributed by atoms with van der Waals surface area (Å²) < 4.78 is 0. The van der Waals surface area contributed by atoms with Crippen LogP contribution in [0.25, 0.3) is 10.8 Å². The second kappa shape index (κ2) is 8.91. The monoisotopic (exact) mass is 399 g/mol. The number of carbonyl (C=O) groups excluding carboxylic acids is 2. The first-order valence-corrected chi connectivity index (χ1v) is 10.3. The van der Waals surface area contributed by atoms with Gasteiger partial charge in [-0.25, -0.2) is 0 Å². The number of amides is 2. The summed E-state index contributed by atoms with van der Waals surface area (Å²) in [5.41, 5.74) is 2.36. The van der Waals surface area contributed by atoms with Crippen LogP contribution in [-0.4, -0.2) is 34.8 Å². The highest BCUT2D eigenvalue weighted by atomic mass is 16.2. The van der Waals surface area contributed by atoms with Crippen LogP contribution in [0.5, 0.6) is 0 Å². The molecule has 2 aromatic carbocycles. The molecule has 1 atom stereocenters. The minimum atomic E-state index is -0.268. The fraction of sp³-hybridized carbons (Fsp3) is 0.240. The summed E-state index contributed by atoms with van der Waals surface area (Å²) in [7, 11) is 0. The van der Waals surface area contributed by atoms with E-state index in [0.717, 1.165) is 43.4 Å². The maximum atomic E-state index is 13.0. The van der Waals surface area contributed by atoms with Gasteiger partial charge in [-0.1, -0.05) is 30.8 Å². The third-order valence-electron chi connectivity index (χ3n) is 5.58. The normalized spacial score (nSPS) is 16.3. The average molecular weight is 399 g/mol. The van der Waals surface area contributed by atoms with Gasteiger partial charge in [0.1, 0.15) is 0 Å². The standard InChI is InChI=1S/C25H25N3O2/c1-2-24(29)27-22-11-9-19(10-12-22)25(30)28-13-5-6-18(17-28)14-23-15-20-7-3-4-8-21(20)16-26-23/h2-4,7-12,15-16,18H,1,5-6,13-14,17H2,(H,27,29)/t18-/m0/s1. The lowest BCUT2D eigenvalue weighted by molar-refractivity contribution is -0.111. The summed E-state index contributed by atoms with van der Waals surface area (Å²) >= 11 is 0. The summed E-state index contributed by atoms with van der Waals surface area (Å²) in [6, 6.07) is 17.4. The van der Waals surface area contributed by atoms with Crippen molar-refractivity contribution in [1.29, 1.82) is 0 Å². The summed E-state index contributed by atoms with van der Waals surface area (Å²) in [6.45, 7) is 4.95. The molecular weight excluding hydrogens is 374 g/mol. The first kappa shape index (κ1) is 19.8. The van der Waals surface area contributed by atoms with Gasteiger partial charge in [-0.3, -0.25) is 14.6 Å². The van der Waals surface area contributed by atoms with E-state index in [0.29, 0.717) is 17.2 Å². The predicted octanol–water partition coefficient (Wildman–Crippen LogP) is 4.45. The molecule has 1 aromatic heterocycles. The Labute approximate surface area is 176 Å². The number of aromatic nitrogens is 1. The Kier molecular flexibility index (Phi) is 5.89. The Morgan fingerprint density at radius 1 is 1.13 bits per heavy atom. The van der Waals surface area contributed by atoms with Crippen LogP contribution >= 0.6 is 0 Å². The van der Waals surface area contributed by atoms with Crippen molar-refractivity contribution >= 4 is 28.3 Å². The molecule has 0 aliphatic carbocycles. The molecule has 1 N–H and O–H groups in total. The lowest BCUT2D eigenvalue weighted by Crippen LogP contribution is -2.40. The number of pyridine rings is 1. The SMILES string of the molecule is C=CC(=O)Nc1ccc(C(=O)N2CCC[C@@H](Cc3cc4ccccc4cn3)C2)cc1. The molecule has 4 rings (SSSR count). The Bertz CT molecular complexity index is 1080. The molecule has 2 heterocycles. The maximum absolute atomic E-state index is 13.0. The van der Waals surface area contributed by atoms with Crippen molar-refractivity contribution < 1.29 is 9.59 Å². The largest absolute Gasteiger partial charge is 0.338 e. The van der Waals surface area contributed by atoms with Crippen LogP contribution in [0.3, 0.4) is 0 Å². The van der Waals surface area contributed by atoms with Crippen molar-refractivity contribution in [3.8, 4) is 0 Å². The molecule has 0 bridgehead atoms. The molecule has 2 amide bonds. The van der Waals surface area contributed by atoms with Gasteiger partial charge in [-0.05, 0) is 67.0 Å². The van der Waals surface area contributed by atoms with Crippen LogP contribution in [0.4, 0.5) is 5.69 Å². The lowest BCUT2D eigenvalue weighted by atomic mass is 9.92. The number of rotatable bonds is 5. The molecule has 1 fully saturated rings. The first-order chi connectivity index (χ1) is 14.6. The number of carbonyl (C=O) groups is 2. The average Bonchev–Trinajstić information content (AvgIpc) is 2.79. The van der Waals surface area contributed by atoms with Crippen LogP contribution in [0.1, 0.15) is 28.9 Å². The number of nitrogens with zero attached hydrogens (tertiary/aromatic N) is 2. The van der Waals surface area contributed by atoms with Gasteiger partial charge < -0.3 is 10.2 Å². The molecule has 1 aliphatic rings. The topological polar surface area (TPSA) is 62.3 Å². The van der Waals surface area contributed by atoms with Crippen molar-refractivity contribution in [2.45, 2.75) is 19.3 Å². The molecular formula is C25H25N3O2. The van der Waals surface area contributed by atoms with Gasteiger partial charge in [0.05, 0.1) is 0 Å². The fourth-order valence-corrected chi connectivity index (χ4v) is 4.02. The zero-order valence-corrected chi connectivity index (χ0v) is 16.9.